The van der Waals surface area contributed by atoms with E-state index >= 15 is 0 Å². The molecule has 1 aromatic rings. The number of sulfonamides is 1. The molecule has 2 aliphatic rings. The van der Waals surface area contributed by atoms with E-state index in [1.54, 1.807) is 34.6 Å². The molecule has 1 amide bonds. The Morgan fingerprint density at radius 1 is 0.914 bits per heavy atom. The number of anilines is 2. The third-order valence-electron chi connectivity index (χ3n) is 6.45. The molecule has 0 radical (unpaired) electrons. The highest BCUT2D eigenvalue weighted by Gasteiger charge is 2.36. The van der Waals surface area contributed by atoms with Gasteiger partial charge in [-0.3, -0.25) is 4.79 Å². The van der Waals surface area contributed by atoms with E-state index in [1.165, 1.54) is 4.90 Å². The summed E-state index contributed by atoms with van der Waals surface area (Å²) in [5.41, 5.74) is -2.00. The average Bonchev–Trinajstić information content (AvgIpc) is 2.74. The summed E-state index contributed by atoms with van der Waals surface area (Å²) in [5, 5.41) is 2.01. The van der Waals surface area contributed by atoms with Crippen LogP contribution >= 0.6 is 0 Å². The van der Waals surface area contributed by atoms with E-state index in [9.17, 15) is 30.8 Å². The minimum absolute atomic E-state index is 0.0466. The molecule has 0 aromatic heterocycles. The summed E-state index contributed by atoms with van der Waals surface area (Å²) in [6.07, 6.45) is 0.385. The van der Waals surface area contributed by atoms with Gasteiger partial charge in [0, 0.05) is 25.0 Å². The fourth-order valence-electron chi connectivity index (χ4n) is 4.46. The fraction of sp³-hybridized carbons (Fsp3) is 0.696. The van der Waals surface area contributed by atoms with Crippen molar-refractivity contribution in [2.75, 3.05) is 23.3 Å². The van der Waals surface area contributed by atoms with Crippen LogP contribution in [0.15, 0.2) is 0 Å². The van der Waals surface area contributed by atoms with Gasteiger partial charge < -0.3 is 15.0 Å². The first-order chi connectivity index (χ1) is 16.1. The van der Waals surface area contributed by atoms with Gasteiger partial charge in [-0.05, 0) is 60.3 Å². The molecule has 1 aliphatic heterocycles. The normalized spacial score (nSPS) is 26.0. The lowest BCUT2D eigenvalue weighted by Crippen LogP contribution is -2.46. The van der Waals surface area contributed by atoms with E-state index < -0.39 is 73.4 Å². The highest BCUT2D eigenvalue weighted by molar-refractivity contribution is 7.90. The molecule has 2 atom stereocenters. The van der Waals surface area contributed by atoms with Crippen molar-refractivity contribution in [3.63, 3.8) is 0 Å². The Kier molecular flexibility index (Phi) is 8.07. The molecule has 35 heavy (non-hydrogen) atoms. The van der Waals surface area contributed by atoms with Crippen LogP contribution in [0.2, 0.25) is 0 Å². The van der Waals surface area contributed by atoms with Crippen molar-refractivity contribution in [3.8, 4) is 0 Å². The van der Waals surface area contributed by atoms with Crippen molar-refractivity contribution in [3.05, 3.63) is 23.3 Å². The van der Waals surface area contributed by atoms with E-state index in [0.717, 1.165) is 0 Å². The van der Waals surface area contributed by atoms with Gasteiger partial charge in [-0.25, -0.2) is 30.7 Å². The number of nitrogens with zero attached hydrogens (tertiary/aromatic N) is 1. The largest absolute Gasteiger partial charge is 0.372 e. The number of morpholine rings is 1. The summed E-state index contributed by atoms with van der Waals surface area (Å²) >= 11 is 0. The maximum absolute atomic E-state index is 14.9. The van der Waals surface area contributed by atoms with Gasteiger partial charge in [0.1, 0.15) is 11.4 Å². The molecule has 198 valence electrons. The topological polar surface area (TPSA) is 87.7 Å². The van der Waals surface area contributed by atoms with E-state index in [-0.39, 0.29) is 32.0 Å². The van der Waals surface area contributed by atoms with Crippen LogP contribution < -0.4 is 14.9 Å². The highest BCUT2D eigenvalue weighted by Crippen LogP contribution is 2.36. The Bertz CT molecular complexity index is 1030. The molecule has 1 saturated carbocycles. The van der Waals surface area contributed by atoms with Gasteiger partial charge in [-0.15, -0.1) is 0 Å². The second kappa shape index (κ2) is 10.2. The molecule has 0 spiro atoms. The maximum Gasteiger partial charge on any atom is 0.227 e. The quantitative estimate of drug-likeness (QED) is 0.449. The fourth-order valence-corrected chi connectivity index (χ4v) is 5.49. The molecule has 0 unspecified atom stereocenters. The minimum Gasteiger partial charge on any atom is -0.372 e. The molecule has 1 saturated heterocycles. The van der Waals surface area contributed by atoms with Gasteiger partial charge in [0.25, 0.3) is 0 Å². The van der Waals surface area contributed by atoms with Crippen LogP contribution in [0.4, 0.5) is 28.9 Å². The molecule has 0 bridgehead atoms. The van der Waals surface area contributed by atoms with Crippen LogP contribution in [0.1, 0.15) is 60.3 Å². The smallest absolute Gasteiger partial charge is 0.227 e. The van der Waals surface area contributed by atoms with Crippen molar-refractivity contribution >= 4 is 27.3 Å². The summed E-state index contributed by atoms with van der Waals surface area (Å²) in [6, 6.07) is -0.371. The Morgan fingerprint density at radius 2 is 1.40 bits per heavy atom. The summed E-state index contributed by atoms with van der Waals surface area (Å²) < 4.78 is 91.2. The number of ether oxygens (including phenoxy) is 1. The van der Waals surface area contributed by atoms with Crippen LogP contribution in [0.5, 0.6) is 0 Å². The second-order valence-corrected chi connectivity index (χ2v) is 12.9. The molecule has 1 aliphatic carbocycles. The lowest BCUT2D eigenvalue weighted by Gasteiger charge is -2.37. The van der Waals surface area contributed by atoms with Crippen LogP contribution in [-0.4, -0.2) is 50.4 Å². The molecular weight excluding hydrogens is 490 g/mol. The predicted octanol–water partition coefficient (Wildman–Crippen LogP) is 4.07. The van der Waals surface area contributed by atoms with E-state index in [2.05, 4.69) is 4.72 Å². The van der Waals surface area contributed by atoms with Crippen LogP contribution in [0.3, 0.4) is 0 Å². The second-order valence-electron chi connectivity index (χ2n) is 10.4. The minimum atomic E-state index is -3.57. The lowest BCUT2D eigenvalue weighted by molar-refractivity contribution is -0.120. The first-order valence-corrected chi connectivity index (χ1v) is 13.2. The molecule has 12 heteroatoms. The Morgan fingerprint density at radius 3 is 1.86 bits per heavy atom. The molecular formula is C23H33F4N3O4S. The van der Waals surface area contributed by atoms with Crippen molar-refractivity contribution in [2.45, 2.75) is 83.3 Å². The van der Waals surface area contributed by atoms with Crippen LogP contribution in [0, 0.1) is 29.2 Å². The monoisotopic (exact) mass is 523 g/mol. The first kappa shape index (κ1) is 27.7. The number of rotatable bonds is 5. The summed E-state index contributed by atoms with van der Waals surface area (Å²) in [6.45, 7) is 8.17. The van der Waals surface area contributed by atoms with Gasteiger partial charge in [0.2, 0.25) is 15.9 Å². The van der Waals surface area contributed by atoms with Gasteiger partial charge in [-0.1, -0.05) is 0 Å². The lowest BCUT2D eigenvalue weighted by atomic mass is 9.86. The highest BCUT2D eigenvalue weighted by atomic mass is 32.2. The number of carbonyl (C=O) groups excluding carboxylic acids is 1. The summed E-state index contributed by atoms with van der Waals surface area (Å²) in [7, 11) is -3.57. The summed E-state index contributed by atoms with van der Waals surface area (Å²) in [4.78, 5) is 13.9. The maximum atomic E-state index is 14.9. The molecule has 1 aromatic carbocycles. The zero-order valence-corrected chi connectivity index (χ0v) is 21.4. The number of carbonyl (C=O) groups is 1. The Labute approximate surface area is 203 Å². The van der Waals surface area contributed by atoms with Crippen LogP contribution in [0.25, 0.3) is 0 Å². The predicted molar refractivity (Wildman–Crippen MR) is 125 cm³/mol. The summed E-state index contributed by atoms with van der Waals surface area (Å²) in [5.74, 6) is -7.98. The Balaban J connectivity index is 1.71. The third kappa shape index (κ3) is 5.91. The zero-order chi connectivity index (χ0) is 26.3. The third-order valence-corrected chi connectivity index (χ3v) is 8.71. The number of halogens is 4. The van der Waals surface area contributed by atoms with E-state index in [0.29, 0.717) is 12.8 Å². The van der Waals surface area contributed by atoms with Crippen molar-refractivity contribution in [1.29, 1.82) is 0 Å². The van der Waals surface area contributed by atoms with Crippen molar-refractivity contribution < 1.29 is 35.5 Å². The number of benzene rings is 1. The molecule has 1 heterocycles. The number of nitrogens with one attached hydrogen (secondary N) is 2. The Hall–Kier alpha value is -1.92. The first-order valence-electron chi connectivity index (χ1n) is 11.7. The SMILES string of the molecule is C[C@@H]1CN(c2c(F)c(F)c(NC(=O)C3CCC(NS(=O)(=O)C(C)(C)C)CC3)c(F)c2F)C[C@H](C)O1. The molecule has 2 N–H and O–H groups in total. The zero-order valence-electron chi connectivity index (χ0n) is 20.6. The van der Waals surface area contributed by atoms with Gasteiger partial charge in [-0.2, -0.15) is 0 Å². The molecule has 7 nitrogen and oxygen atoms in total. The molecule has 3 rings (SSSR count). The van der Waals surface area contributed by atoms with E-state index in [4.69, 9.17) is 4.74 Å². The number of hydrogen-bond acceptors (Lipinski definition) is 5. The standard InChI is InChI=1S/C23H33F4N3O4S/c1-12-10-30(11-13(2)34-12)21-18(26)16(24)20(17(25)19(21)27)28-22(31)14-6-8-15(9-7-14)29-35(32,33)23(3,4)5/h12-15,29H,6-11H2,1-5H3,(H,28,31)/t12-,13+,14?,15?. The van der Waals surface area contributed by atoms with Gasteiger partial charge >= 0.3 is 0 Å². The van der Waals surface area contributed by atoms with Crippen molar-refractivity contribution in [1.82, 2.24) is 4.72 Å². The van der Waals surface area contributed by atoms with Gasteiger partial charge in [0.15, 0.2) is 23.3 Å². The van der Waals surface area contributed by atoms with Crippen molar-refractivity contribution in [2.24, 2.45) is 5.92 Å². The number of hydrogen-bond donors (Lipinski definition) is 2. The average molecular weight is 524 g/mol. The molecule has 2 fully saturated rings. The van der Waals surface area contributed by atoms with Crippen LogP contribution in [-0.2, 0) is 19.6 Å². The number of amides is 1. The van der Waals surface area contributed by atoms with Gasteiger partial charge in [0.05, 0.1) is 17.0 Å². The van der Waals surface area contributed by atoms with E-state index in [1.807, 2.05) is 5.32 Å².